The van der Waals surface area contributed by atoms with Crippen LogP contribution >= 0.6 is 23.4 Å². The number of nitrogens with zero attached hydrogens (tertiary/aromatic N) is 2. The van der Waals surface area contributed by atoms with E-state index in [-0.39, 0.29) is 23.2 Å². The van der Waals surface area contributed by atoms with E-state index in [1.807, 2.05) is 43.3 Å². The molecule has 0 aliphatic carbocycles. The Hall–Kier alpha value is -2.50. The van der Waals surface area contributed by atoms with Gasteiger partial charge >= 0.3 is 0 Å². The number of thioether (sulfide) groups is 1. The summed E-state index contributed by atoms with van der Waals surface area (Å²) in [7, 11) is 0. The van der Waals surface area contributed by atoms with Crippen molar-refractivity contribution < 1.29 is 9.59 Å². The third kappa shape index (κ3) is 4.62. The molecule has 33 heavy (non-hydrogen) atoms. The van der Waals surface area contributed by atoms with Gasteiger partial charge in [0.05, 0.1) is 17.0 Å². The van der Waals surface area contributed by atoms with E-state index < -0.39 is 0 Å². The number of aryl methyl sites for hydroxylation is 1. The highest BCUT2D eigenvalue weighted by Crippen LogP contribution is 2.43. The number of allylic oxidation sites excluding steroid dienone is 1. The molecule has 4 nitrogen and oxygen atoms in total. The largest absolute Gasteiger partial charge is 0.362 e. The zero-order valence-corrected chi connectivity index (χ0v) is 21.3. The van der Waals surface area contributed by atoms with Gasteiger partial charge in [0.1, 0.15) is 0 Å². The van der Waals surface area contributed by atoms with Gasteiger partial charge in [0.2, 0.25) is 0 Å². The van der Waals surface area contributed by atoms with Gasteiger partial charge in [0, 0.05) is 22.8 Å². The Morgan fingerprint density at radius 2 is 1.88 bits per heavy atom. The Morgan fingerprint density at radius 3 is 2.58 bits per heavy atom. The molecule has 4 rings (SSSR count). The first kappa shape index (κ1) is 23.7. The monoisotopic (exact) mass is 480 g/mol. The standard InChI is InChI=1S/C27H29ClN2O2S/c1-6-10-30-23-14-22(28)20(12-21(23)18(3)15-27(30,4)5)13-24-25(31)29(26(32)33-24)16-19-9-7-8-17(2)11-19/h7-9,11-15H,6,10,16H2,1-5H3/b24-13+. The highest BCUT2D eigenvalue weighted by Gasteiger charge is 2.36. The van der Waals surface area contributed by atoms with Crippen LogP contribution in [0.4, 0.5) is 10.5 Å². The molecule has 2 aliphatic heterocycles. The minimum Gasteiger partial charge on any atom is -0.362 e. The molecule has 2 aliphatic rings. The quantitative estimate of drug-likeness (QED) is 0.421. The molecular formula is C27H29ClN2O2S. The van der Waals surface area contributed by atoms with Crippen molar-refractivity contribution in [3.05, 3.63) is 74.7 Å². The average Bonchev–Trinajstić information content (AvgIpc) is 2.99. The Kier molecular flexibility index (Phi) is 6.47. The average molecular weight is 481 g/mol. The normalized spacial score (nSPS) is 18.7. The molecule has 2 heterocycles. The van der Waals surface area contributed by atoms with Crippen LogP contribution in [0.3, 0.4) is 0 Å². The molecule has 0 saturated carbocycles. The van der Waals surface area contributed by atoms with Crippen molar-refractivity contribution >= 4 is 51.8 Å². The van der Waals surface area contributed by atoms with Gasteiger partial charge in [0.15, 0.2) is 0 Å². The van der Waals surface area contributed by atoms with Crippen molar-refractivity contribution in [3.63, 3.8) is 0 Å². The number of hydrogen-bond donors (Lipinski definition) is 0. The predicted molar refractivity (Wildman–Crippen MR) is 140 cm³/mol. The first-order valence-corrected chi connectivity index (χ1v) is 12.4. The number of carbonyl (C=O) groups is 2. The van der Waals surface area contributed by atoms with Gasteiger partial charge in [-0.1, -0.05) is 54.4 Å². The molecule has 2 aromatic carbocycles. The lowest BCUT2D eigenvalue weighted by atomic mass is 9.87. The van der Waals surface area contributed by atoms with Crippen LogP contribution in [0, 0.1) is 6.92 Å². The summed E-state index contributed by atoms with van der Waals surface area (Å²) in [6, 6.07) is 11.9. The minimum absolute atomic E-state index is 0.101. The van der Waals surface area contributed by atoms with Crippen molar-refractivity contribution in [2.75, 3.05) is 11.4 Å². The fourth-order valence-electron chi connectivity index (χ4n) is 4.63. The van der Waals surface area contributed by atoms with E-state index in [0.717, 1.165) is 52.7 Å². The van der Waals surface area contributed by atoms with Crippen LogP contribution in [0.1, 0.15) is 56.4 Å². The van der Waals surface area contributed by atoms with Gasteiger partial charge in [-0.3, -0.25) is 14.5 Å². The van der Waals surface area contributed by atoms with Crippen LogP contribution in [0.15, 0.2) is 47.4 Å². The van der Waals surface area contributed by atoms with E-state index in [1.165, 1.54) is 10.5 Å². The van der Waals surface area contributed by atoms with Crippen molar-refractivity contribution in [1.82, 2.24) is 4.90 Å². The van der Waals surface area contributed by atoms with Gasteiger partial charge in [-0.2, -0.15) is 0 Å². The number of rotatable bonds is 5. The molecule has 0 bridgehead atoms. The summed E-state index contributed by atoms with van der Waals surface area (Å²) in [6.45, 7) is 11.9. The van der Waals surface area contributed by atoms with Crippen molar-refractivity contribution in [2.45, 2.75) is 53.1 Å². The van der Waals surface area contributed by atoms with Gasteiger partial charge < -0.3 is 4.90 Å². The van der Waals surface area contributed by atoms with Crippen LogP contribution < -0.4 is 4.90 Å². The molecule has 0 aromatic heterocycles. The number of halogens is 1. The lowest BCUT2D eigenvalue weighted by Crippen LogP contribution is -2.45. The molecule has 0 N–H and O–H groups in total. The fourth-order valence-corrected chi connectivity index (χ4v) is 5.67. The van der Waals surface area contributed by atoms with E-state index in [0.29, 0.717) is 9.93 Å². The van der Waals surface area contributed by atoms with Crippen LogP contribution in [-0.2, 0) is 11.3 Å². The summed E-state index contributed by atoms with van der Waals surface area (Å²) in [5.41, 5.74) is 6.08. The smallest absolute Gasteiger partial charge is 0.293 e. The molecule has 2 amide bonds. The fraction of sp³-hybridized carbons (Fsp3) is 0.333. The number of fused-ring (bicyclic) bond motifs is 1. The Labute approximate surface area is 205 Å². The SMILES string of the molecule is CCCN1c2cc(Cl)c(/C=C3/SC(=O)N(Cc4cccc(C)c4)C3=O)cc2C(C)=CC1(C)C. The zero-order valence-electron chi connectivity index (χ0n) is 19.7. The summed E-state index contributed by atoms with van der Waals surface area (Å²) >= 11 is 7.67. The highest BCUT2D eigenvalue weighted by atomic mass is 35.5. The van der Waals surface area contributed by atoms with Crippen LogP contribution in [0.5, 0.6) is 0 Å². The third-order valence-corrected chi connectivity index (χ3v) is 7.36. The van der Waals surface area contributed by atoms with E-state index in [2.05, 4.69) is 38.7 Å². The van der Waals surface area contributed by atoms with E-state index in [4.69, 9.17) is 11.6 Å². The first-order chi connectivity index (χ1) is 15.6. The van der Waals surface area contributed by atoms with Crippen LogP contribution in [-0.4, -0.2) is 28.1 Å². The molecule has 0 radical (unpaired) electrons. The third-order valence-electron chi connectivity index (χ3n) is 6.13. The Bertz CT molecular complexity index is 1200. The predicted octanol–water partition coefficient (Wildman–Crippen LogP) is 7.30. The van der Waals surface area contributed by atoms with Gasteiger partial charge in [-0.15, -0.1) is 0 Å². The van der Waals surface area contributed by atoms with Gasteiger partial charge in [-0.05, 0) is 80.8 Å². The Balaban J connectivity index is 1.67. The number of benzene rings is 2. The molecule has 1 saturated heterocycles. The molecule has 6 heteroatoms. The summed E-state index contributed by atoms with van der Waals surface area (Å²) in [5.74, 6) is -0.277. The number of anilines is 1. The maximum absolute atomic E-state index is 13.0. The van der Waals surface area contributed by atoms with E-state index in [9.17, 15) is 9.59 Å². The van der Waals surface area contributed by atoms with E-state index in [1.54, 1.807) is 6.08 Å². The molecule has 1 fully saturated rings. The molecule has 172 valence electrons. The summed E-state index contributed by atoms with van der Waals surface area (Å²) in [5, 5.41) is 0.319. The van der Waals surface area contributed by atoms with Crippen LogP contribution in [0.25, 0.3) is 11.6 Å². The zero-order chi connectivity index (χ0) is 23.9. The van der Waals surface area contributed by atoms with E-state index >= 15 is 0 Å². The van der Waals surface area contributed by atoms with Crippen molar-refractivity contribution in [1.29, 1.82) is 0 Å². The van der Waals surface area contributed by atoms with Gasteiger partial charge in [-0.25, -0.2) is 0 Å². The second-order valence-corrected chi connectivity index (χ2v) is 10.7. The van der Waals surface area contributed by atoms with Crippen molar-refractivity contribution in [2.24, 2.45) is 0 Å². The number of amides is 2. The summed E-state index contributed by atoms with van der Waals surface area (Å²) in [6.07, 6.45) is 5.06. The molecule has 2 aromatic rings. The molecule has 0 unspecified atom stereocenters. The maximum atomic E-state index is 13.0. The molecule has 0 spiro atoms. The van der Waals surface area contributed by atoms with Crippen LogP contribution in [0.2, 0.25) is 5.02 Å². The maximum Gasteiger partial charge on any atom is 0.293 e. The topological polar surface area (TPSA) is 40.6 Å². The molecule has 0 atom stereocenters. The molecular weight excluding hydrogens is 452 g/mol. The number of carbonyl (C=O) groups excluding carboxylic acids is 2. The lowest BCUT2D eigenvalue weighted by Gasteiger charge is -2.43. The number of imide groups is 1. The lowest BCUT2D eigenvalue weighted by molar-refractivity contribution is -0.123. The minimum atomic E-state index is -0.277. The summed E-state index contributed by atoms with van der Waals surface area (Å²) < 4.78 is 0. The first-order valence-electron chi connectivity index (χ1n) is 11.2. The highest BCUT2D eigenvalue weighted by molar-refractivity contribution is 8.18. The Morgan fingerprint density at radius 1 is 1.12 bits per heavy atom. The number of hydrogen-bond acceptors (Lipinski definition) is 4. The van der Waals surface area contributed by atoms with Crippen molar-refractivity contribution in [3.8, 4) is 0 Å². The summed E-state index contributed by atoms with van der Waals surface area (Å²) in [4.78, 5) is 29.7. The van der Waals surface area contributed by atoms with Gasteiger partial charge in [0.25, 0.3) is 11.1 Å². The second kappa shape index (κ2) is 9.03. The second-order valence-electron chi connectivity index (χ2n) is 9.28.